The Balaban J connectivity index is 2.57. The van der Waals surface area contributed by atoms with Gasteiger partial charge in [-0.15, -0.1) is 0 Å². The molecule has 15 heavy (non-hydrogen) atoms. The van der Waals surface area contributed by atoms with E-state index in [4.69, 9.17) is 18.0 Å². The number of likely N-dealkylation sites (N-methyl/N-ethyl adjacent to an activating group) is 1. The molecule has 1 aliphatic heterocycles. The zero-order chi connectivity index (χ0) is 11.0. The van der Waals surface area contributed by atoms with Crippen LogP contribution in [0.5, 0.6) is 0 Å². The van der Waals surface area contributed by atoms with Gasteiger partial charge < -0.3 is 10.6 Å². The molecular formula is C11H12N2OS. The van der Waals surface area contributed by atoms with Crippen LogP contribution in [-0.2, 0) is 11.2 Å². The van der Waals surface area contributed by atoms with Gasteiger partial charge in [0.25, 0.3) is 0 Å². The molecule has 1 aliphatic rings. The summed E-state index contributed by atoms with van der Waals surface area (Å²) in [5.74, 6) is 0.121. The second-order valence-corrected chi connectivity index (χ2v) is 3.92. The molecule has 0 atom stereocenters. The van der Waals surface area contributed by atoms with Gasteiger partial charge in [0.05, 0.1) is 6.42 Å². The molecular weight excluding hydrogens is 208 g/mol. The Morgan fingerprint density at radius 1 is 1.60 bits per heavy atom. The Kier molecular flexibility index (Phi) is 2.44. The van der Waals surface area contributed by atoms with Crippen molar-refractivity contribution in [1.29, 1.82) is 0 Å². The van der Waals surface area contributed by atoms with Crippen LogP contribution in [-0.4, -0.2) is 17.4 Å². The molecule has 1 aromatic carbocycles. The molecule has 0 saturated carbocycles. The SMILES string of the molecule is CCN1C(=O)Cc2c(C(N)=S)cccc21. The first-order valence-corrected chi connectivity index (χ1v) is 5.28. The fraction of sp³-hybridized carbons (Fsp3) is 0.273. The molecule has 78 valence electrons. The lowest BCUT2D eigenvalue weighted by Crippen LogP contribution is -2.25. The highest BCUT2D eigenvalue weighted by atomic mass is 32.1. The number of benzene rings is 1. The van der Waals surface area contributed by atoms with Crippen molar-refractivity contribution in [1.82, 2.24) is 0 Å². The summed E-state index contributed by atoms with van der Waals surface area (Å²) in [4.78, 5) is 13.8. The van der Waals surface area contributed by atoms with E-state index in [2.05, 4.69) is 0 Å². The third-order valence-corrected chi connectivity index (χ3v) is 2.87. The third kappa shape index (κ3) is 1.51. The summed E-state index contributed by atoms with van der Waals surface area (Å²) in [7, 11) is 0. The number of rotatable bonds is 2. The molecule has 0 unspecified atom stereocenters. The first kappa shape index (κ1) is 10.1. The van der Waals surface area contributed by atoms with Crippen LogP contribution >= 0.6 is 12.2 Å². The number of carbonyl (C=O) groups is 1. The Labute approximate surface area is 93.9 Å². The van der Waals surface area contributed by atoms with Crippen LogP contribution in [0.1, 0.15) is 18.1 Å². The number of carbonyl (C=O) groups excluding carboxylic acids is 1. The lowest BCUT2D eigenvalue weighted by molar-refractivity contribution is -0.117. The van der Waals surface area contributed by atoms with Gasteiger partial charge in [-0.05, 0) is 18.6 Å². The number of amides is 1. The van der Waals surface area contributed by atoms with Crippen LogP contribution in [0.15, 0.2) is 18.2 Å². The molecule has 4 heteroatoms. The number of hydrogen-bond acceptors (Lipinski definition) is 2. The van der Waals surface area contributed by atoms with Crippen LogP contribution < -0.4 is 10.6 Å². The summed E-state index contributed by atoms with van der Waals surface area (Å²) in [6, 6.07) is 5.69. The zero-order valence-electron chi connectivity index (χ0n) is 8.49. The molecule has 0 radical (unpaired) electrons. The molecule has 1 amide bonds. The van der Waals surface area contributed by atoms with E-state index in [1.165, 1.54) is 0 Å². The van der Waals surface area contributed by atoms with Crippen LogP contribution in [0.4, 0.5) is 5.69 Å². The standard InChI is InChI=1S/C11H12N2OS/c1-2-13-9-5-3-4-7(11(12)15)8(9)6-10(13)14/h3-5H,2,6H2,1H3,(H2,12,15). The topological polar surface area (TPSA) is 46.3 Å². The molecule has 0 aliphatic carbocycles. The minimum absolute atomic E-state index is 0.121. The van der Waals surface area contributed by atoms with E-state index in [0.29, 0.717) is 18.0 Å². The monoisotopic (exact) mass is 220 g/mol. The van der Waals surface area contributed by atoms with Gasteiger partial charge in [0, 0.05) is 17.8 Å². The van der Waals surface area contributed by atoms with Gasteiger partial charge >= 0.3 is 0 Å². The number of hydrogen-bond donors (Lipinski definition) is 1. The van der Waals surface area contributed by atoms with Gasteiger partial charge in [-0.1, -0.05) is 24.4 Å². The van der Waals surface area contributed by atoms with Gasteiger partial charge in [-0.3, -0.25) is 4.79 Å². The Bertz CT molecular complexity index is 442. The number of nitrogens with zero attached hydrogens (tertiary/aromatic N) is 1. The zero-order valence-corrected chi connectivity index (χ0v) is 9.30. The van der Waals surface area contributed by atoms with Crippen LogP contribution in [0.25, 0.3) is 0 Å². The van der Waals surface area contributed by atoms with Crippen molar-refractivity contribution in [2.45, 2.75) is 13.3 Å². The lowest BCUT2D eigenvalue weighted by Gasteiger charge is -2.14. The number of anilines is 1. The Morgan fingerprint density at radius 2 is 2.33 bits per heavy atom. The van der Waals surface area contributed by atoms with Crippen molar-refractivity contribution in [3.05, 3.63) is 29.3 Å². The van der Waals surface area contributed by atoms with Gasteiger partial charge in [-0.2, -0.15) is 0 Å². The smallest absolute Gasteiger partial charge is 0.231 e. The van der Waals surface area contributed by atoms with Gasteiger partial charge in [-0.25, -0.2) is 0 Å². The molecule has 0 fully saturated rings. The molecule has 2 N–H and O–H groups in total. The minimum atomic E-state index is 0.121. The maximum atomic E-state index is 11.7. The lowest BCUT2D eigenvalue weighted by atomic mass is 10.1. The number of fused-ring (bicyclic) bond motifs is 1. The number of nitrogens with two attached hydrogens (primary N) is 1. The van der Waals surface area contributed by atoms with E-state index < -0.39 is 0 Å². The first-order valence-electron chi connectivity index (χ1n) is 4.87. The van der Waals surface area contributed by atoms with Crippen LogP contribution in [0, 0.1) is 0 Å². The normalized spacial score (nSPS) is 14.2. The molecule has 1 heterocycles. The van der Waals surface area contributed by atoms with Crippen LogP contribution in [0.2, 0.25) is 0 Å². The molecule has 1 aromatic rings. The van der Waals surface area contributed by atoms with E-state index >= 15 is 0 Å². The van der Waals surface area contributed by atoms with Crippen molar-refractivity contribution in [3.8, 4) is 0 Å². The Hall–Kier alpha value is -1.42. The quantitative estimate of drug-likeness (QED) is 0.762. The summed E-state index contributed by atoms with van der Waals surface area (Å²) in [5.41, 5.74) is 8.37. The van der Waals surface area contributed by atoms with Gasteiger partial charge in [0.1, 0.15) is 4.99 Å². The van der Waals surface area contributed by atoms with E-state index in [1.54, 1.807) is 4.90 Å². The van der Waals surface area contributed by atoms with E-state index in [9.17, 15) is 4.79 Å². The highest BCUT2D eigenvalue weighted by Crippen LogP contribution is 2.31. The molecule has 3 nitrogen and oxygen atoms in total. The highest BCUT2D eigenvalue weighted by molar-refractivity contribution is 7.80. The summed E-state index contributed by atoms with van der Waals surface area (Å²) in [6.07, 6.45) is 0.413. The van der Waals surface area contributed by atoms with Crippen LogP contribution in [0.3, 0.4) is 0 Å². The molecule has 0 bridgehead atoms. The van der Waals surface area contributed by atoms with E-state index in [-0.39, 0.29) is 5.91 Å². The summed E-state index contributed by atoms with van der Waals surface area (Å²) in [6.45, 7) is 2.65. The molecule has 0 aromatic heterocycles. The van der Waals surface area contributed by atoms with Gasteiger partial charge in [0.15, 0.2) is 0 Å². The third-order valence-electron chi connectivity index (χ3n) is 2.65. The molecule has 0 saturated heterocycles. The maximum absolute atomic E-state index is 11.7. The summed E-state index contributed by atoms with van der Waals surface area (Å²) >= 11 is 4.96. The van der Waals surface area contributed by atoms with E-state index in [1.807, 2.05) is 25.1 Å². The predicted octanol–water partition coefficient (Wildman–Crippen LogP) is 1.23. The highest BCUT2D eigenvalue weighted by Gasteiger charge is 2.28. The van der Waals surface area contributed by atoms with E-state index in [0.717, 1.165) is 16.8 Å². The largest absolute Gasteiger partial charge is 0.389 e. The fourth-order valence-electron chi connectivity index (χ4n) is 1.97. The van der Waals surface area contributed by atoms with Crippen molar-refractivity contribution < 1.29 is 4.79 Å². The summed E-state index contributed by atoms with van der Waals surface area (Å²) < 4.78 is 0. The predicted molar refractivity (Wildman–Crippen MR) is 64.1 cm³/mol. The Morgan fingerprint density at radius 3 is 2.93 bits per heavy atom. The van der Waals surface area contributed by atoms with Crippen molar-refractivity contribution in [2.75, 3.05) is 11.4 Å². The van der Waals surface area contributed by atoms with Crippen molar-refractivity contribution in [2.24, 2.45) is 5.73 Å². The number of thiocarbonyl (C=S) groups is 1. The maximum Gasteiger partial charge on any atom is 0.231 e. The van der Waals surface area contributed by atoms with Gasteiger partial charge in [0.2, 0.25) is 5.91 Å². The average molecular weight is 220 g/mol. The first-order chi connectivity index (χ1) is 7.15. The van der Waals surface area contributed by atoms with Crippen molar-refractivity contribution >= 4 is 28.8 Å². The average Bonchev–Trinajstić information content (AvgIpc) is 2.52. The van der Waals surface area contributed by atoms with Crippen molar-refractivity contribution in [3.63, 3.8) is 0 Å². The summed E-state index contributed by atoms with van der Waals surface area (Å²) in [5, 5.41) is 0. The molecule has 0 spiro atoms. The molecule has 2 rings (SSSR count). The second-order valence-electron chi connectivity index (χ2n) is 3.48. The second kappa shape index (κ2) is 3.62. The fourth-order valence-corrected chi connectivity index (χ4v) is 2.16. The minimum Gasteiger partial charge on any atom is -0.389 e.